The minimum atomic E-state index is -1.24. The maximum atomic E-state index is 14.4. The average Bonchev–Trinajstić information content (AvgIpc) is 2.63. The number of benzene rings is 1. The van der Waals surface area contributed by atoms with Crippen LogP contribution in [0.25, 0.3) is 0 Å². The van der Waals surface area contributed by atoms with E-state index in [1.165, 1.54) is 14.1 Å². The van der Waals surface area contributed by atoms with Gasteiger partial charge in [-0.15, -0.1) is 12.6 Å². The molecule has 1 fully saturated rings. The number of urea groups is 2. The molecule has 0 saturated carbocycles. The third kappa shape index (κ3) is 4.39. The molecule has 1 aliphatic rings. The standard InChI is InChI=1S/C15H16ClFN4O6S/c1-19-13(25)21(14(26)20(2)15(19)28)9-4-10(7(16)3-8(9)17)27-6-11(22)18-5-12(23)24/h3-4,15,28H,5-6H2,1-2H3,(H,18,22)(H,23,24). The van der Waals surface area contributed by atoms with Crippen molar-refractivity contribution in [1.82, 2.24) is 15.1 Å². The first kappa shape index (κ1) is 21.6. The second kappa shape index (κ2) is 8.52. The van der Waals surface area contributed by atoms with Gasteiger partial charge in [0.2, 0.25) is 0 Å². The Labute approximate surface area is 169 Å². The Hall–Kier alpha value is -2.73. The van der Waals surface area contributed by atoms with Crippen molar-refractivity contribution < 1.29 is 33.4 Å². The quantitative estimate of drug-likeness (QED) is 0.579. The summed E-state index contributed by atoms with van der Waals surface area (Å²) in [5, 5.41) is 10.4. The molecule has 0 aromatic heterocycles. The van der Waals surface area contributed by atoms with E-state index in [9.17, 15) is 23.6 Å². The van der Waals surface area contributed by atoms with E-state index >= 15 is 0 Å². The van der Waals surface area contributed by atoms with E-state index in [4.69, 9.17) is 21.4 Å². The number of halogens is 2. The van der Waals surface area contributed by atoms with Crippen LogP contribution >= 0.6 is 24.2 Å². The summed E-state index contributed by atoms with van der Waals surface area (Å²) in [7, 11) is 2.77. The molecule has 13 heteroatoms. The molecule has 1 saturated heterocycles. The van der Waals surface area contributed by atoms with Crippen LogP contribution in [0, 0.1) is 5.82 Å². The first-order valence-corrected chi connectivity index (χ1v) is 8.56. The Balaban J connectivity index is 2.27. The predicted molar refractivity (Wildman–Crippen MR) is 99.1 cm³/mol. The second-order valence-electron chi connectivity index (χ2n) is 5.66. The fourth-order valence-corrected chi connectivity index (χ4v) is 2.63. The summed E-state index contributed by atoms with van der Waals surface area (Å²) in [5.41, 5.74) is -1.26. The average molecular weight is 435 g/mol. The van der Waals surface area contributed by atoms with Gasteiger partial charge in [0.05, 0.1) is 10.7 Å². The van der Waals surface area contributed by atoms with Crippen molar-refractivity contribution in [3.8, 4) is 5.75 Å². The van der Waals surface area contributed by atoms with Crippen molar-refractivity contribution >= 4 is 53.9 Å². The van der Waals surface area contributed by atoms with Crippen molar-refractivity contribution in [3.05, 3.63) is 23.0 Å². The van der Waals surface area contributed by atoms with E-state index in [1.54, 1.807) is 0 Å². The summed E-state index contributed by atoms with van der Waals surface area (Å²) >= 11 is 10.0. The van der Waals surface area contributed by atoms with E-state index in [0.717, 1.165) is 21.9 Å². The first-order chi connectivity index (χ1) is 13.0. The summed E-state index contributed by atoms with van der Waals surface area (Å²) in [4.78, 5) is 49.7. The molecule has 152 valence electrons. The van der Waals surface area contributed by atoms with E-state index < -0.39 is 54.1 Å². The van der Waals surface area contributed by atoms with Gasteiger partial charge in [-0.2, -0.15) is 0 Å². The molecule has 1 heterocycles. The number of nitrogens with zero attached hydrogens (tertiary/aromatic N) is 3. The van der Waals surface area contributed by atoms with Crippen LogP contribution in [0.15, 0.2) is 12.1 Å². The Kier molecular flexibility index (Phi) is 6.56. The zero-order valence-corrected chi connectivity index (χ0v) is 16.3. The number of imide groups is 1. The number of amides is 5. The van der Waals surface area contributed by atoms with E-state index in [1.807, 2.05) is 0 Å². The Bertz CT molecular complexity index is 819. The Morgan fingerprint density at radius 1 is 1.29 bits per heavy atom. The summed E-state index contributed by atoms with van der Waals surface area (Å²) < 4.78 is 19.6. The summed E-state index contributed by atoms with van der Waals surface area (Å²) in [6.45, 7) is -1.22. The molecule has 0 radical (unpaired) electrons. The van der Waals surface area contributed by atoms with Crippen molar-refractivity contribution in [2.45, 2.75) is 5.50 Å². The lowest BCUT2D eigenvalue weighted by molar-refractivity contribution is -0.138. The number of carbonyl (C=O) groups excluding carboxylic acids is 3. The fourth-order valence-electron chi connectivity index (χ4n) is 2.23. The fraction of sp³-hybridized carbons (Fsp3) is 0.333. The van der Waals surface area contributed by atoms with E-state index in [-0.39, 0.29) is 10.8 Å². The Morgan fingerprint density at radius 2 is 1.86 bits per heavy atom. The van der Waals surface area contributed by atoms with Crippen LogP contribution in [0.5, 0.6) is 5.75 Å². The zero-order valence-electron chi connectivity index (χ0n) is 14.7. The number of anilines is 1. The van der Waals surface area contributed by atoms with Crippen LogP contribution in [0.1, 0.15) is 0 Å². The van der Waals surface area contributed by atoms with E-state index in [0.29, 0.717) is 4.90 Å². The lowest BCUT2D eigenvalue weighted by atomic mass is 10.2. The number of ether oxygens (including phenoxy) is 1. The number of aliphatic carboxylic acids is 1. The van der Waals surface area contributed by atoms with Crippen LogP contribution in [-0.2, 0) is 9.59 Å². The van der Waals surface area contributed by atoms with Gasteiger partial charge in [0.15, 0.2) is 12.1 Å². The number of thiol groups is 1. The number of carboxylic acids is 1. The number of rotatable bonds is 6. The SMILES string of the molecule is CN1C(=O)N(c2cc(OCC(=O)NCC(=O)O)c(Cl)cc2F)C(=O)N(C)C1S. The summed E-state index contributed by atoms with van der Waals surface area (Å²) in [6, 6.07) is 0.177. The molecule has 1 aromatic carbocycles. The van der Waals surface area contributed by atoms with Crippen LogP contribution in [-0.4, -0.2) is 71.6 Å². The topological polar surface area (TPSA) is 119 Å². The van der Waals surface area contributed by atoms with Crippen LogP contribution < -0.4 is 15.0 Å². The highest BCUT2D eigenvalue weighted by Gasteiger charge is 2.41. The number of hydrogen-bond donors (Lipinski definition) is 3. The van der Waals surface area contributed by atoms with Gasteiger partial charge < -0.3 is 15.2 Å². The third-order valence-electron chi connectivity index (χ3n) is 3.72. The van der Waals surface area contributed by atoms with Gasteiger partial charge in [0.25, 0.3) is 5.91 Å². The molecule has 2 rings (SSSR count). The number of carboxylic acid groups (broad SMARTS) is 1. The summed E-state index contributed by atoms with van der Waals surface area (Å²) in [6.07, 6.45) is 0. The normalized spacial score (nSPS) is 15.1. The molecule has 0 aliphatic carbocycles. The molecule has 0 spiro atoms. The monoisotopic (exact) mass is 434 g/mol. The van der Waals surface area contributed by atoms with Crippen molar-refractivity contribution in [1.29, 1.82) is 0 Å². The molecule has 2 N–H and O–H groups in total. The molecule has 0 unspecified atom stereocenters. The number of nitrogens with one attached hydrogen (secondary N) is 1. The number of carbonyl (C=O) groups is 4. The molecule has 10 nitrogen and oxygen atoms in total. The van der Waals surface area contributed by atoms with Crippen molar-refractivity contribution in [2.24, 2.45) is 0 Å². The minimum absolute atomic E-state index is 0.178. The molecule has 0 bridgehead atoms. The minimum Gasteiger partial charge on any atom is -0.482 e. The van der Waals surface area contributed by atoms with Gasteiger partial charge in [0.1, 0.15) is 18.1 Å². The molecule has 5 amide bonds. The molecule has 0 atom stereocenters. The molecule has 1 aromatic rings. The first-order valence-electron chi connectivity index (χ1n) is 7.66. The van der Waals surface area contributed by atoms with Crippen LogP contribution in [0.2, 0.25) is 5.02 Å². The number of hydrogen-bond acceptors (Lipinski definition) is 6. The molecular formula is C15H16ClFN4O6S. The zero-order chi connectivity index (χ0) is 21.2. The second-order valence-corrected chi connectivity index (χ2v) is 6.53. The highest BCUT2D eigenvalue weighted by Crippen LogP contribution is 2.35. The van der Waals surface area contributed by atoms with Crippen LogP contribution in [0.4, 0.5) is 19.7 Å². The van der Waals surface area contributed by atoms with Gasteiger partial charge >= 0.3 is 18.0 Å². The molecule has 1 aliphatic heterocycles. The third-order valence-corrected chi connectivity index (χ3v) is 4.70. The predicted octanol–water partition coefficient (Wildman–Crippen LogP) is 1.20. The lowest BCUT2D eigenvalue weighted by Gasteiger charge is -2.41. The van der Waals surface area contributed by atoms with Gasteiger partial charge in [0, 0.05) is 20.2 Å². The summed E-state index contributed by atoms with van der Waals surface area (Å²) in [5.74, 6) is -3.14. The smallest absolute Gasteiger partial charge is 0.334 e. The highest BCUT2D eigenvalue weighted by molar-refractivity contribution is 7.80. The highest BCUT2D eigenvalue weighted by atomic mass is 35.5. The van der Waals surface area contributed by atoms with Crippen molar-refractivity contribution in [2.75, 3.05) is 32.1 Å². The van der Waals surface area contributed by atoms with Crippen molar-refractivity contribution in [3.63, 3.8) is 0 Å². The van der Waals surface area contributed by atoms with Gasteiger partial charge in [-0.05, 0) is 6.07 Å². The maximum Gasteiger partial charge on any atom is 0.334 e. The van der Waals surface area contributed by atoms with Gasteiger partial charge in [-0.1, -0.05) is 11.6 Å². The van der Waals surface area contributed by atoms with Gasteiger partial charge in [-0.25, -0.2) is 18.9 Å². The lowest BCUT2D eigenvalue weighted by Crippen LogP contribution is -2.62. The largest absolute Gasteiger partial charge is 0.482 e. The Morgan fingerprint density at radius 3 is 2.39 bits per heavy atom. The van der Waals surface area contributed by atoms with Crippen LogP contribution in [0.3, 0.4) is 0 Å². The van der Waals surface area contributed by atoms with Gasteiger partial charge in [-0.3, -0.25) is 19.4 Å². The molecular weight excluding hydrogens is 419 g/mol. The van der Waals surface area contributed by atoms with E-state index in [2.05, 4.69) is 17.9 Å². The maximum absolute atomic E-state index is 14.4. The molecule has 28 heavy (non-hydrogen) atoms.